The van der Waals surface area contributed by atoms with Crippen LogP contribution in [0.5, 0.6) is 5.75 Å². The van der Waals surface area contributed by atoms with Gasteiger partial charge in [0.05, 0.1) is 32.3 Å². The number of ether oxygens (including phenoxy) is 3. The summed E-state index contributed by atoms with van der Waals surface area (Å²) in [5, 5.41) is 11.1. The van der Waals surface area contributed by atoms with Crippen LogP contribution in [0, 0.1) is 16.0 Å². The first-order chi connectivity index (χ1) is 9.94. The van der Waals surface area contributed by atoms with Crippen LogP contribution in [0.3, 0.4) is 0 Å². The van der Waals surface area contributed by atoms with E-state index in [4.69, 9.17) is 4.74 Å². The summed E-state index contributed by atoms with van der Waals surface area (Å²) >= 11 is 0. The first-order valence-corrected chi connectivity index (χ1v) is 5.91. The number of methoxy groups -OCH3 is 3. The van der Waals surface area contributed by atoms with Crippen LogP contribution in [-0.2, 0) is 25.5 Å². The molecular weight excluding hydrogens is 316 g/mol. The summed E-state index contributed by atoms with van der Waals surface area (Å²) in [5.41, 5.74) is -0.0336. The number of nitro groups is 1. The van der Waals surface area contributed by atoms with Crippen LogP contribution >= 0.6 is 0 Å². The Morgan fingerprint density at radius 2 is 1.70 bits per heavy atom. The molecule has 0 fully saturated rings. The Morgan fingerprint density at radius 3 is 2.09 bits per heavy atom. The maximum atomic E-state index is 11.6. The monoisotopic (exact) mass is 335 g/mol. The minimum absolute atomic E-state index is 0. The molecule has 0 N–H and O–H groups in total. The molecule has 23 heavy (non-hydrogen) atoms. The van der Waals surface area contributed by atoms with Gasteiger partial charge in [-0.25, -0.2) is 0 Å². The molecular formula is C13H19BNNaO7. The molecule has 0 unspecified atom stereocenters. The van der Waals surface area contributed by atoms with Gasteiger partial charge in [0.15, 0.2) is 5.92 Å². The van der Waals surface area contributed by atoms with Gasteiger partial charge in [0.1, 0.15) is 5.75 Å². The van der Waals surface area contributed by atoms with Gasteiger partial charge < -0.3 is 14.2 Å². The van der Waals surface area contributed by atoms with Crippen molar-refractivity contribution in [1.82, 2.24) is 0 Å². The Labute approximate surface area is 157 Å². The van der Waals surface area contributed by atoms with Gasteiger partial charge in [0, 0.05) is 12.0 Å². The zero-order chi connectivity index (χ0) is 16.0. The normalized spacial score (nSPS) is 9.22. The molecule has 1 aromatic carbocycles. The topological polar surface area (TPSA) is 105 Å². The van der Waals surface area contributed by atoms with Crippen LogP contribution in [0.4, 0.5) is 5.69 Å². The van der Waals surface area contributed by atoms with E-state index >= 15 is 0 Å². The average molecular weight is 335 g/mol. The van der Waals surface area contributed by atoms with Crippen LogP contribution in [0.25, 0.3) is 0 Å². The minimum atomic E-state index is -1.26. The Bertz CT molecular complexity index is 551. The summed E-state index contributed by atoms with van der Waals surface area (Å²) in [6.45, 7) is 0. The molecule has 0 atom stereocenters. The number of hydrogen-bond acceptors (Lipinski definition) is 7. The van der Waals surface area contributed by atoms with Gasteiger partial charge >= 0.3 is 41.5 Å². The molecule has 0 saturated carbocycles. The van der Waals surface area contributed by atoms with Crippen molar-refractivity contribution < 1.29 is 58.3 Å². The fourth-order valence-electron chi connectivity index (χ4n) is 1.78. The number of hydrogen-bond donors (Lipinski definition) is 0. The van der Waals surface area contributed by atoms with E-state index in [2.05, 4.69) is 9.47 Å². The Balaban J connectivity index is 0. The molecule has 0 aliphatic heterocycles. The Kier molecular flexibility index (Phi) is 11.4. The van der Waals surface area contributed by atoms with Crippen molar-refractivity contribution in [3.05, 3.63) is 33.9 Å². The van der Waals surface area contributed by atoms with Gasteiger partial charge in [-0.05, 0) is 12.1 Å². The van der Waals surface area contributed by atoms with Crippen molar-refractivity contribution in [3.8, 4) is 5.75 Å². The van der Waals surface area contributed by atoms with Crippen molar-refractivity contribution in [3.63, 3.8) is 0 Å². The summed E-state index contributed by atoms with van der Waals surface area (Å²) < 4.78 is 14.0. The van der Waals surface area contributed by atoms with Crippen molar-refractivity contribution in [2.45, 2.75) is 6.42 Å². The van der Waals surface area contributed by atoms with E-state index in [1.54, 1.807) is 0 Å². The third-order valence-corrected chi connectivity index (χ3v) is 2.88. The molecule has 0 aromatic heterocycles. The molecule has 0 spiro atoms. The third-order valence-electron chi connectivity index (χ3n) is 2.88. The summed E-state index contributed by atoms with van der Waals surface area (Å²) in [6.07, 6.45) is -0.195. The van der Waals surface area contributed by atoms with Crippen LogP contribution in [0.2, 0.25) is 0 Å². The van der Waals surface area contributed by atoms with Crippen LogP contribution in [0.15, 0.2) is 18.2 Å². The maximum absolute atomic E-state index is 11.6. The molecule has 0 heterocycles. The molecule has 10 heteroatoms. The molecule has 1 rings (SSSR count). The van der Waals surface area contributed by atoms with Crippen molar-refractivity contribution >= 4 is 26.0 Å². The number of carbonyl (C=O) groups is 2. The fraction of sp³-hybridized carbons (Fsp3) is 0.385. The predicted molar refractivity (Wildman–Crippen MR) is 82.2 cm³/mol. The van der Waals surface area contributed by atoms with Gasteiger partial charge in [-0.1, -0.05) is 8.41 Å². The van der Waals surface area contributed by atoms with Gasteiger partial charge in [0.2, 0.25) is 0 Å². The minimum Gasteiger partial charge on any atom is -0.497 e. The van der Waals surface area contributed by atoms with Crippen LogP contribution in [-0.4, -0.2) is 46.6 Å². The average Bonchev–Trinajstić information content (AvgIpc) is 2.50. The summed E-state index contributed by atoms with van der Waals surface area (Å²) in [6, 6.07) is 4.16. The number of nitrogens with zero attached hydrogens (tertiary/aromatic N) is 1. The smallest absolute Gasteiger partial charge is 0.497 e. The number of esters is 2. The van der Waals surface area contributed by atoms with Gasteiger partial charge in [-0.15, -0.1) is 0 Å². The molecule has 0 aliphatic rings. The van der Waals surface area contributed by atoms with Crippen LogP contribution < -0.4 is 34.3 Å². The van der Waals surface area contributed by atoms with E-state index < -0.39 is 22.8 Å². The SMILES string of the molecule is COC(=O)C(Cc1ccc(OC)cc1[N+](=O)[O-])C(=O)OC.[BH4-].[Na+]. The van der Waals surface area contributed by atoms with Gasteiger partial charge in [-0.2, -0.15) is 0 Å². The molecule has 0 aliphatic carbocycles. The van der Waals surface area contributed by atoms with Crippen molar-refractivity contribution in [2.75, 3.05) is 21.3 Å². The van der Waals surface area contributed by atoms with E-state index in [-0.39, 0.29) is 55.6 Å². The third kappa shape index (κ3) is 6.21. The zero-order valence-corrected chi connectivity index (χ0v) is 14.8. The number of nitro benzene ring substituents is 1. The predicted octanol–water partition coefficient (Wildman–Crippen LogP) is -3.34. The van der Waals surface area contributed by atoms with Crippen molar-refractivity contribution in [1.29, 1.82) is 0 Å². The fourth-order valence-corrected chi connectivity index (χ4v) is 1.78. The van der Waals surface area contributed by atoms with Gasteiger partial charge in [-0.3, -0.25) is 19.7 Å². The van der Waals surface area contributed by atoms with Crippen molar-refractivity contribution in [2.24, 2.45) is 5.92 Å². The van der Waals surface area contributed by atoms with E-state index in [0.29, 0.717) is 5.75 Å². The summed E-state index contributed by atoms with van der Waals surface area (Å²) in [5.74, 6) is -2.58. The second-order valence-electron chi connectivity index (χ2n) is 4.05. The molecule has 0 amide bonds. The first kappa shape index (κ1) is 23.7. The van der Waals surface area contributed by atoms with E-state index in [9.17, 15) is 19.7 Å². The molecule has 0 bridgehead atoms. The van der Waals surface area contributed by atoms with Gasteiger partial charge in [0.25, 0.3) is 5.69 Å². The molecule has 8 nitrogen and oxygen atoms in total. The summed E-state index contributed by atoms with van der Waals surface area (Å²) in [4.78, 5) is 33.7. The molecule has 1 aromatic rings. The summed E-state index contributed by atoms with van der Waals surface area (Å²) in [7, 11) is 3.63. The zero-order valence-electron chi connectivity index (χ0n) is 12.8. The Morgan fingerprint density at radius 1 is 1.17 bits per heavy atom. The number of rotatable bonds is 6. The number of benzene rings is 1. The maximum Gasteiger partial charge on any atom is 1.00 e. The second-order valence-corrected chi connectivity index (χ2v) is 4.05. The molecule has 0 saturated heterocycles. The molecule has 0 radical (unpaired) electrons. The quantitative estimate of drug-likeness (QED) is 0.176. The second kappa shape index (κ2) is 11.0. The van der Waals surface area contributed by atoms with E-state index in [0.717, 1.165) is 14.2 Å². The van der Waals surface area contributed by atoms with E-state index in [1.165, 1.54) is 25.3 Å². The standard InChI is InChI=1S/C13H15NO7.BH4.Na/c1-19-9-5-4-8(11(7-9)14(17)18)6-10(12(15)20-2)13(16)21-3;;/h4-5,7,10H,6H2,1-3H3;1H4;/q;-1;+1. The largest absolute Gasteiger partial charge is 1.00 e. The van der Waals surface area contributed by atoms with E-state index in [1.807, 2.05) is 0 Å². The first-order valence-electron chi connectivity index (χ1n) is 5.91. The van der Waals surface area contributed by atoms with Crippen LogP contribution in [0.1, 0.15) is 5.56 Å². The number of carbonyl (C=O) groups excluding carboxylic acids is 2. The Hall–Kier alpha value is -1.58. The molecule has 122 valence electrons.